The van der Waals surface area contributed by atoms with Crippen LogP contribution in [0.5, 0.6) is 0 Å². The molecule has 6 nitrogen and oxygen atoms in total. The molecule has 0 atom stereocenters. The van der Waals surface area contributed by atoms with Crippen LogP contribution in [0.25, 0.3) is 0 Å². The van der Waals surface area contributed by atoms with Gasteiger partial charge < -0.3 is 15.1 Å². The van der Waals surface area contributed by atoms with Crippen molar-refractivity contribution in [3.63, 3.8) is 0 Å². The number of unbranched alkanes of at least 4 members (excludes halogenated alkanes) is 2. The topological polar surface area (TPSA) is 65.5 Å². The van der Waals surface area contributed by atoms with E-state index < -0.39 is 0 Å². The minimum absolute atomic E-state index is 0.0913. The average Bonchev–Trinajstić information content (AvgIpc) is 2.64. The molecule has 2 heterocycles. The van der Waals surface area contributed by atoms with E-state index in [0.717, 1.165) is 38.9 Å². The molecule has 6 heteroatoms. The molecule has 2 amide bonds. The van der Waals surface area contributed by atoms with Crippen LogP contribution in [0.3, 0.4) is 0 Å². The molecule has 1 aromatic rings. The van der Waals surface area contributed by atoms with E-state index in [-0.39, 0.29) is 11.8 Å². The lowest BCUT2D eigenvalue weighted by Crippen LogP contribution is -2.48. The van der Waals surface area contributed by atoms with Gasteiger partial charge in [0.05, 0.1) is 0 Å². The van der Waals surface area contributed by atoms with Crippen LogP contribution in [0, 0.1) is 0 Å². The highest BCUT2D eigenvalue weighted by molar-refractivity contribution is 5.98. The molecule has 1 N–H and O–H groups in total. The van der Waals surface area contributed by atoms with Crippen LogP contribution in [-0.2, 0) is 0 Å². The maximum atomic E-state index is 12.6. The van der Waals surface area contributed by atoms with Crippen LogP contribution in [0.2, 0.25) is 0 Å². The molecule has 0 saturated carbocycles. The van der Waals surface area contributed by atoms with E-state index in [1.54, 1.807) is 12.1 Å². The zero-order valence-electron chi connectivity index (χ0n) is 14.8. The lowest BCUT2D eigenvalue weighted by molar-refractivity contribution is 0.0637. The van der Waals surface area contributed by atoms with Crippen molar-refractivity contribution in [3.8, 4) is 0 Å². The van der Waals surface area contributed by atoms with Gasteiger partial charge in [-0.05, 0) is 25.1 Å². The summed E-state index contributed by atoms with van der Waals surface area (Å²) >= 11 is 0. The van der Waals surface area contributed by atoms with E-state index in [9.17, 15) is 9.59 Å². The molecule has 0 aromatic carbocycles. The molecule has 0 aliphatic carbocycles. The SMILES string of the molecule is CCCCCNC(=O)c1ccnc(C(=O)N2CCN(CC)CC2)c1. The Labute approximate surface area is 144 Å². The summed E-state index contributed by atoms with van der Waals surface area (Å²) < 4.78 is 0. The number of aromatic nitrogens is 1. The van der Waals surface area contributed by atoms with E-state index in [4.69, 9.17) is 0 Å². The summed E-state index contributed by atoms with van der Waals surface area (Å²) in [5, 5.41) is 2.89. The molecule has 2 rings (SSSR count). The molecular formula is C18H28N4O2. The Hall–Kier alpha value is -1.95. The van der Waals surface area contributed by atoms with Crippen LogP contribution < -0.4 is 5.32 Å². The van der Waals surface area contributed by atoms with Crippen molar-refractivity contribution in [1.82, 2.24) is 20.1 Å². The fourth-order valence-corrected chi connectivity index (χ4v) is 2.80. The number of pyridine rings is 1. The number of rotatable bonds is 7. The number of carbonyl (C=O) groups excluding carboxylic acids is 2. The summed E-state index contributed by atoms with van der Waals surface area (Å²) in [6, 6.07) is 3.25. The first-order chi connectivity index (χ1) is 11.7. The maximum Gasteiger partial charge on any atom is 0.272 e. The second-order valence-corrected chi connectivity index (χ2v) is 6.12. The highest BCUT2D eigenvalue weighted by Crippen LogP contribution is 2.09. The molecule has 0 radical (unpaired) electrons. The maximum absolute atomic E-state index is 12.6. The number of hydrogen-bond acceptors (Lipinski definition) is 4. The zero-order valence-corrected chi connectivity index (χ0v) is 14.8. The summed E-state index contributed by atoms with van der Waals surface area (Å²) in [5.74, 6) is -0.232. The normalized spacial score (nSPS) is 15.3. The number of likely N-dealkylation sites (N-methyl/N-ethyl adjacent to an activating group) is 1. The number of amides is 2. The molecular weight excluding hydrogens is 304 g/mol. The van der Waals surface area contributed by atoms with Gasteiger partial charge in [0.15, 0.2) is 0 Å². The fraction of sp³-hybridized carbons (Fsp3) is 0.611. The third kappa shape index (κ3) is 5.03. The molecule has 0 bridgehead atoms. The number of hydrogen-bond donors (Lipinski definition) is 1. The van der Waals surface area contributed by atoms with Crippen LogP contribution in [-0.4, -0.2) is 65.9 Å². The molecule has 24 heavy (non-hydrogen) atoms. The van der Waals surface area contributed by atoms with Gasteiger partial charge in [0.25, 0.3) is 11.8 Å². The first-order valence-corrected chi connectivity index (χ1v) is 8.91. The van der Waals surface area contributed by atoms with Gasteiger partial charge >= 0.3 is 0 Å². The smallest absolute Gasteiger partial charge is 0.272 e. The monoisotopic (exact) mass is 332 g/mol. The standard InChI is InChI=1S/C18H28N4O2/c1-3-5-6-8-20-17(23)15-7-9-19-16(14-15)18(24)22-12-10-21(4-2)11-13-22/h7,9,14H,3-6,8,10-13H2,1-2H3,(H,20,23). The fourth-order valence-electron chi connectivity index (χ4n) is 2.80. The molecule has 1 fully saturated rings. The molecule has 0 spiro atoms. The first-order valence-electron chi connectivity index (χ1n) is 8.91. The van der Waals surface area contributed by atoms with Crippen molar-refractivity contribution in [2.45, 2.75) is 33.1 Å². The van der Waals surface area contributed by atoms with Gasteiger partial charge in [-0.15, -0.1) is 0 Å². The van der Waals surface area contributed by atoms with Crippen LogP contribution >= 0.6 is 0 Å². The third-order valence-corrected chi connectivity index (χ3v) is 4.41. The minimum atomic E-state index is -0.140. The van der Waals surface area contributed by atoms with Gasteiger partial charge in [-0.2, -0.15) is 0 Å². The number of piperazine rings is 1. The van der Waals surface area contributed by atoms with Crippen LogP contribution in [0.4, 0.5) is 0 Å². The molecule has 1 saturated heterocycles. The minimum Gasteiger partial charge on any atom is -0.352 e. The summed E-state index contributed by atoms with van der Waals surface area (Å²) in [5.41, 5.74) is 0.846. The van der Waals surface area contributed by atoms with Crippen molar-refractivity contribution in [3.05, 3.63) is 29.6 Å². The lowest BCUT2D eigenvalue weighted by Gasteiger charge is -2.33. The first kappa shape index (κ1) is 18.4. The molecule has 0 unspecified atom stereocenters. The van der Waals surface area contributed by atoms with E-state index in [1.807, 2.05) is 4.90 Å². The van der Waals surface area contributed by atoms with Crippen LogP contribution in [0.1, 0.15) is 54.0 Å². The van der Waals surface area contributed by atoms with Crippen LogP contribution in [0.15, 0.2) is 18.3 Å². The Morgan fingerprint density at radius 1 is 1.17 bits per heavy atom. The summed E-state index contributed by atoms with van der Waals surface area (Å²) in [6.45, 7) is 9.12. The summed E-state index contributed by atoms with van der Waals surface area (Å²) in [6.07, 6.45) is 4.73. The predicted octanol–water partition coefficient (Wildman–Crippen LogP) is 1.78. The second kappa shape index (κ2) is 9.37. The van der Waals surface area contributed by atoms with Crippen molar-refractivity contribution < 1.29 is 9.59 Å². The summed E-state index contributed by atoms with van der Waals surface area (Å²) in [7, 11) is 0. The zero-order chi connectivity index (χ0) is 17.4. The molecule has 1 aliphatic rings. The largest absolute Gasteiger partial charge is 0.352 e. The molecule has 1 aliphatic heterocycles. The average molecular weight is 332 g/mol. The second-order valence-electron chi connectivity index (χ2n) is 6.12. The van der Waals surface area contributed by atoms with Gasteiger partial charge in [-0.25, -0.2) is 0 Å². The Bertz CT molecular complexity index is 554. The van der Waals surface area contributed by atoms with Gasteiger partial charge in [-0.3, -0.25) is 14.6 Å². The number of nitrogens with one attached hydrogen (secondary N) is 1. The van der Waals surface area contributed by atoms with Crippen molar-refractivity contribution in [2.24, 2.45) is 0 Å². The Kier molecular flexibility index (Phi) is 7.18. The summed E-state index contributed by atoms with van der Waals surface area (Å²) in [4.78, 5) is 33.0. The Morgan fingerprint density at radius 3 is 2.58 bits per heavy atom. The number of nitrogens with zero attached hydrogens (tertiary/aromatic N) is 3. The van der Waals surface area contributed by atoms with E-state index in [0.29, 0.717) is 30.9 Å². The van der Waals surface area contributed by atoms with Gasteiger partial charge in [0.1, 0.15) is 5.69 Å². The van der Waals surface area contributed by atoms with E-state index in [1.165, 1.54) is 6.20 Å². The van der Waals surface area contributed by atoms with Crippen molar-refractivity contribution in [2.75, 3.05) is 39.3 Å². The third-order valence-electron chi connectivity index (χ3n) is 4.41. The predicted molar refractivity (Wildman–Crippen MR) is 94.1 cm³/mol. The van der Waals surface area contributed by atoms with Crippen molar-refractivity contribution >= 4 is 11.8 Å². The Morgan fingerprint density at radius 2 is 1.92 bits per heavy atom. The Balaban J connectivity index is 1.94. The van der Waals surface area contributed by atoms with Gasteiger partial charge in [0, 0.05) is 44.5 Å². The molecule has 1 aromatic heterocycles. The van der Waals surface area contributed by atoms with Gasteiger partial charge in [-0.1, -0.05) is 26.7 Å². The highest BCUT2D eigenvalue weighted by Gasteiger charge is 2.22. The highest BCUT2D eigenvalue weighted by atomic mass is 16.2. The van der Waals surface area contributed by atoms with Gasteiger partial charge in [0.2, 0.25) is 0 Å². The lowest BCUT2D eigenvalue weighted by atomic mass is 10.2. The van der Waals surface area contributed by atoms with Crippen molar-refractivity contribution in [1.29, 1.82) is 0 Å². The molecule has 132 valence electrons. The van der Waals surface area contributed by atoms with E-state index >= 15 is 0 Å². The quantitative estimate of drug-likeness (QED) is 0.773. The van der Waals surface area contributed by atoms with E-state index in [2.05, 4.69) is 29.0 Å². The number of carbonyl (C=O) groups is 2.